The molecule has 0 spiro atoms. The van der Waals surface area contributed by atoms with E-state index in [0.717, 1.165) is 13.0 Å². The lowest BCUT2D eigenvalue weighted by molar-refractivity contribution is 0.311. The van der Waals surface area contributed by atoms with E-state index in [1.807, 2.05) is 7.05 Å². The van der Waals surface area contributed by atoms with E-state index < -0.39 is 11.5 Å². The van der Waals surface area contributed by atoms with Crippen molar-refractivity contribution in [1.29, 1.82) is 0 Å². The van der Waals surface area contributed by atoms with Crippen molar-refractivity contribution in [1.82, 2.24) is 5.32 Å². The topological polar surface area (TPSA) is 97.7 Å². The smallest absolute Gasteiger partial charge is 0.166 e. The number of anilines is 2. The van der Waals surface area contributed by atoms with Gasteiger partial charge in [0, 0.05) is 21.7 Å². The van der Waals surface area contributed by atoms with Gasteiger partial charge < -0.3 is 21.1 Å². The van der Waals surface area contributed by atoms with Crippen LogP contribution in [-0.4, -0.2) is 26.5 Å². The molecule has 1 unspecified atom stereocenters. The number of nitrogens with one attached hydrogen (secondary N) is 2. The number of nitrogen functional groups attached to an aromatic ring is 1. The second-order valence-electron chi connectivity index (χ2n) is 6.03. The lowest BCUT2D eigenvalue weighted by atomic mass is 9.89. The molecule has 26 heavy (non-hydrogen) atoms. The summed E-state index contributed by atoms with van der Waals surface area (Å²) in [5, 5.41) is 6.10. The average Bonchev–Trinajstić information content (AvgIpc) is 2.60. The minimum atomic E-state index is -1.37. The molecule has 6 nitrogen and oxygen atoms in total. The van der Waals surface area contributed by atoms with Crippen LogP contribution in [0.3, 0.4) is 0 Å². The van der Waals surface area contributed by atoms with Gasteiger partial charge in [0.15, 0.2) is 5.66 Å². The first-order chi connectivity index (χ1) is 12.5. The first kappa shape index (κ1) is 18.6. The third-order valence-corrected chi connectivity index (χ3v) is 4.71. The number of ether oxygens (including phenoxy) is 1. The first-order valence-corrected chi connectivity index (χ1v) is 9.01. The van der Waals surface area contributed by atoms with Gasteiger partial charge in [0.25, 0.3) is 0 Å². The van der Waals surface area contributed by atoms with E-state index in [-0.39, 0.29) is 5.56 Å². The summed E-state index contributed by atoms with van der Waals surface area (Å²) in [5.74, 6) is 0.110. The summed E-state index contributed by atoms with van der Waals surface area (Å²) in [6, 6.07) is 8.17. The van der Waals surface area contributed by atoms with Crippen LogP contribution in [0.1, 0.15) is 17.5 Å². The lowest BCUT2D eigenvalue weighted by Crippen LogP contribution is -2.40. The Kier molecular flexibility index (Phi) is 5.45. The number of nitrogens with two attached hydrogens (primary N) is 2. The number of aliphatic imine (C=N–C) groups is 1. The van der Waals surface area contributed by atoms with Crippen molar-refractivity contribution in [3.8, 4) is 5.75 Å². The van der Waals surface area contributed by atoms with Gasteiger partial charge in [-0.25, -0.2) is 9.38 Å². The monoisotopic (exact) mass is 421 g/mol. The minimum absolute atomic E-state index is 0.266. The molecule has 1 aliphatic rings. The standard InChI is InChI=1S/C18H21BrFN5O/c1-23-5-2-6-26-17-9-16-13(8-15(17)21)18(22,25-10-24-16)12-4-3-11(19)7-14(12)20/h3-4,7-10,23H,2,5-6,21-22H2,1H3,(H,24,25). The van der Waals surface area contributed by atoms with Gasteiger partial charge in [-0.1, -0.05) is 22.0 Å². The summed E-state index contributed by atoms with van der Waals surface area (Å²) in [5.41, 5.74) is 13.2. The first-order valence-electron chi connectivity index (χ1n) is 8.21. The van der Waals surface area contributed by atoms with Gasteiger partial charge in [-0.15, -0.1) is 0 Å². The summed E-state index contributed by atoms with van der Waals surface area (Å²) in [6.45, 7) is 1.39. The molecule has 2 aromatic rings. The van der Waals surface area contributed by atoms with Crippen molar-refractivity contribution in [2.24, 2.45) is 10.7 Å². The molecule has 0 amide bonds. The molecule has 1 aliphatic heterocycles. The fourth-order valence-corrected chi connectivity index (χ4v) is 3.21. The van der Waals surface area contributed by atoms with Gasteiger partial charge in [0.05, 0.1) is 24.3 Å². The Balaban J connectivity index is 1.97. The molecule has 6 N–H and O–H groups in total. The Labute approximate surface area is 159 Å². The Hall–Kier alpha value is -2.16. The quantitative estimate of drug-likeness (QED) is 0.424. The predicted octanol–water partition coefficient (Wildman–Crippen LogP) is 2.77. The van der Waals surface area contributed by atoms with Crippen molar-refractivity contribution >= 4 is 33.6 Å². The highest BCUT2D eigenvalue weighted by atomic mass is 79.9. The van der Waals surface area contributed by atoms with Crippen molar-refractivity contribution < 1.29 is 9.13 Å². The summed E-state index contributed by atoms with van der Waals surface area (Å²) < 4.78 is 20.9. The molecule has 1 atom stereocenters. The largest absolute Gasteiger partial charge is 0.491 e. The van der Waals surface area contributed by atoms with Crippen LogP contribution in [-0.2, 0) is 5.66 Å². The second kappa shape index (κ2) is 7.61. The highest BCUT2D eigenvalue weighted by molar-refractivity contribution is 9.10. The van der Waals surface area contributed by atoms with Crippen molar-refractivity contribution in [3.05, 3.63) is 51.7 Å². The van der Waals surface area contributed by atoms with Crippen LogP contribution in [0.25, 0.3) is 0 Å². The fourth-order valence-electron chi connectivity index (χ4n) is 2.87. The Morgan fingerprint density at radius 1 is 1.31 bits per heavy atom. The van der Waals surface area contributed by atoms with Crippen LogP contribution >= 0.6 is 15.9 Å². The third kappa shape index (κ3) is 3.53. The minimum Gasteiger partial charge on any atom is -0.491 e. The summed E-state index contributed by atoms with van der Waals surface area (Å²) >= 11 is 3.25. The molecule has 1 heterocycles. The van der Waals surface area contributed by atoms with E-state index in [9.17, 15) is 4.39 Å². The maximum absolute atomic E-state index is 14.5. The maximum Gasteiger partial charge on any atom is 0.166 e. The number of halogens is 2. The second-order valence-corrected chi connectivity index (χ2v) is 6.95. The number of rotatable bonds is 6. The van der Waals surface area contributed by atoms with Crippen LogP contribution in [0.4, 0.5) is 15.8 Å². The normalized spacial score (nSPS) is 18.3. The molecule has 138 valence electrons. The SMILES string of the molecule is CNCCCOc1cc2c(cc1N)C(N)(c1ccc(Br)cc1F)N=CN2. The summed E-state index contributed by atoms with van der Waals surface area (Å²) in [7, 11) is 1.89. The molecule has 0 radical (unpaired) electrons. The zero-order chi connectivity index (χ0) is 18.7. The number of hydrogen-bond donors (Lipinski definition) is 4. The molecular formula is C18H21BrFN5O. The van der Waals surface area contributed by atoms with E-state index in [1.165, 1.54) is 12.4 Å². The van der Waals surface area contributed by atoms with E-state index in [2.05, 4.69) is 31.6 Å². The maximum atomic E-state index is 14.5. The Bertz CT molecular complexity index is 845. The average molecular weight is 422 g/mol. The molecule has 0 saturated carbocycles. The lowest BCUT2D eigenvalue weighted by Gasteiger charge is -2.32. The van der Waals surface area contributed by atoms with Crippen LogP contribution in [0.2, 0.25) is 0 Å². The number of benzene rings is 2. The van der Waals surface area contributed by atoms with Crippen LogP contribution in [0.15, 0.2) is 39.8 Å². The van der Waals surface area contributed by atoms with Crippen LogP contribution in [0, 0.1) is 5.82 Å². The van der Waals surface area contributed by atoms with Gasteiger partial charge in [-0.05, 0) is 38.2 Å². The van der Waals surface area contributed by atoms with Crippen molar-refractivity contribution in [3.63, 3.8) is 0 Å². The van der Waals surface area contributed by atoms with E-state index >= 15 is 0 Å². The van der Waals surface area contributed by atoms with Crippen LogP contribution in [0.5, 0.6) is 5.75 Å². The van der Waals surface area contributed by atoms with Gasteiger partial charge in [-0.3, -0.25) is 5.73 Å². The molecule has 0 bridgehead atoms. The Morgan fingerprint density at radius 3 is 2.85 bits per heavy atom. The highest BCUT2D eigenvalue weighted by Crippen LogP contribution is 2.41. The van der Waals surface area contributed by atoms with Crippen molar-refractivity contribution in [2.75, 3.05) is 31.2 Å². The summed E-state index contributed by atoms with van der Waals surface area (Å²) in [6.07, 6.45) is 2.32. The van der Waals surface area contributed by atoms with E-state index in [1.54, 1.807) is 24.3 Å². The molecule has 2 aromatic carbocycles. The van der Waals surface area contributed by atoms with Crippen molar-refractivity contribution in [2.45, 2.75) is 12.1 Å². The molecule has 0 aliphatic carbocycles. The number of nitrogens with zero attached hydrogens (tertiary/aromatic N) is 1. The van der Waals surface area contributed by atoms with Gasteiger partial charge in [-0.2, -0.15) is 0 Å². The predicted molar refractivity (Wildman–Crippen MR) is 106 cm³/mol. The zero-order valence-electron chi connectivity index (χ0n) is 14.4. The van der Waals surface area contributed by atoms with Gasteiger partial charge >= 0.3 is 0 Å². The number of hydrogen-bond acceptors (Lipinski definition) is 6. The summed E-state index contributed by atoms with van der Waals surface area (Å²) in [4.78, 5) is 4.30. The van der Waals surface area contributed by atoms with E-state index in [4.69, 9.17) is 16.2 Å². The molecule has 0 aromatic heterocycles. The molecule has 0 fully saturated rings. The molecule has 8 heteroatoms. The third-order valence-electron chi connectivity index (χ3n) is 4.22. The molecule has 3 rings (SSSR count). The molecular weight excluding hydrogens is 401 g/mol. The fraction of sp³-hybridized carbons (Fsp3) is 0.278. The van der Waals surface area contributed by atoms with Gasteiger partial charge in [0.2, 0.25) is 0 Å². The Morgan fingerprint density at radius 2 is 2.12 bits per heavy atom. The van der Waals surface area contributed by atoms with Gasteiger partial charge in [0.1, 0.15) is 11.6 Å². The molecule has 0 saturated heterocycles. The van der Waals surface area contributed by atoms with Crippen LogP contribution < -0.4 is 26.8 Å². The highest BCUT2D eigenvalue weighted by Gasteiger charge is 2.36. The zero-order valence-corrected chi connectivity index (χ0v) is 15.9. The number of fused-ring (bicyclic) bond motifs is 1. The van der Waals surface area contributed by atoms with E-state index in [0.29, 0.717) is 33.8 Å².